The number of ether oxygens (including phenoxy) is 4. The predicted molar refractivity (Wildman–Crippen MR) is 166 cm³/mol. The van der Waals surface area contributed by atoms with Crippen LogP contribution in [0.25, 0.3) is 5.69 Å². The molecule has 3 aromatic carbocycles. The summed E-state index contributed by atoms with van der Waals surface area (Å²) in [5.41, 5.74) is 3.62. The molecule has 0 radical (unpaired) electrons. The average Bonchev–Trinajstić information content (AvgIpc) is 3.44. The van der Waals surface area contributed by atoms with Gasteiger partial charge in [-0.05, 0) is 60.5 Å². The van der Waals surface area contributed by atoms with Gasteiger partial charge in [0.25, 0.3) is 5.56 Å². The van der Waals surface area contributed by atoms with E-state index < -0.39 is 18.1 Å². The second-order valence-electron chi connectivity index (χ2n) is 11.3. The number of carboxylic acids is 1. The third kappa shape index (κ3) is 6.68. The number of nitriles is 1. The molecular weight excluding hydrogens is 590 g/mol. The first-order chi connectivity index (χ1) is 22.3. The Morgan fingerprint density at radius 1 is 0.978 bits per heavy atom. The fourth-order valence-corrected chi connectivity index (χ4v) is 5.75. The van der Waals surface area contributed by atoms with E-state index in [2.05, 4.69) is 6.07 Å². The lowest BCUT2D eigenvalue weighted by Gasteiger charge is -2.23. The lowest BCUT2D eigenvalue weighted by Crippen LogP contribution is -2.35. The van der Waals surface area contributed by atoms with Crippen LogP contribution in [0.15, 0.2) is 77.7 Å². The van der Waals surface area contributed by atoms with E-state index >= 15 is 0 Å². The standard InChI is InChI=1S/C35H33N3O8/c1-22-12-26(18-37-19-28(39)15-29(37)35(41)42)32(45-20-24-5-2-4-23(13-24)17-36)16-31(22)46-21-25-6-3-9-38(34(25)40)27-7-8-30-33(14-27)44-11-10-43-30/h2-9,12-14,16,28-29,39H,10-11,15,18-21H2,1H3,(H,41,42)/t28-,29-/m1/s1. The lowest BCUT2D eigenvalue weighted by molar-refractivity contribution is -0.142. The molecule has 0 bridgehead atoms. The van der Waals surface area contributed by atoms with Crippen molar-refractivity contribution in [2.45, 2.75) is 45.2 Å². The molecule has 3 heterocycles. The molecule has 0 unspecified atom stereocenters. The zero-order valence-electron chi connectivity index (χ0n) is 25.2. The van der Waals surface area contributed by atoms with E-state index in [0.29, 0.717) is 53.0 Å². The summed E-state index contributed by atoms with van der Waals surface area (Å²) in [4.78, 5) is 27.1. The maximum absolute atomic E-state index is 13.5. The monoisotopic (exact) mass is 623 g/mol. The first-order valence-electron chi connectivity index (χ1n) is 14.9. The van der Waals surface area contributed by atoms with Crippen LogP contribution in [-0.4, -0.2) is 57.6 Å². The van der Waals surface area contributed by atoms with Crippen molar-refractivity contribution < 1.29 is 34.0 Å². The zero-order valence-corrected chi connectivity index (χ0v) is 25.2. The molecule has 4 aromatic rings. The molecule has 0 amide bonds. The van der Waals surface area contributed by atoms with E-state index in [0.717, 1.165) is 16.7 Å². The number of rotatable bonds is 10. The summed E-state index contributed by atoms with van der Waals surface area (Å²) in [5, 5.41) is 29.2. The van der Waals surface area contributed by atoms with Gasteiger partial charge in [-0.2, -0.15) is 5.26 Å². The third-order valence-corrected chi connectivity index (χ3v) is 8.06. The van der Waals surface area contributed by atoms with Crippen molar-refractivity contribution in [2.75, 3.05) is 19.8 Å². The molecular formula is C35H33N3O8. The Morgan fingerprint density at radius 3 is 2.59 bits per heavy atom. The van der Waals surface area contributed by atoms with Crippen LogP contribution >= 0.6 is 0 Å². The van der Waals surface area contributed by atoms with Gasteiger partial charge in [-0.3, -0.25) is 19.1 Å². The van der Waals surface area contributed by atoms with Gasteiger partial charge >= 0.3 is 5.97 Å². The van der Waals surface area contributed by atoms with Crippen LogP contribution in [0.3, 0.4) is 0 Å². The molecule has 11 heteroatoms. The number of carbonyl (C=O) groups is 1. The number of fused-ring (bicyclic) bond motifs is 1. The van der Waals surface area contributed by atoms with Gasteiger partial charge in [0, 0.05) is 43.4 Å². The van der Waals surface area contributed by atoms with E-state index in [1.54, 1.807) is 65.7 Å². The number of benzene rings is 3. The highest BCUT2D eigenvalue weighted by Gasteiger charge is 2.36. The maximum Gasteiger partial charge on any atom is 0.321 e. The fraction of sp³-hybridized carbons (Fsp3) is 0.286. The zero-order chi connectivity index (χ0) is 32.2. The molecule has 1 saturated heterocycles. The normalized spacial score (nSPS) is 17.3. The minimum absolute atomic E-state index is 0.00648. The van der Waals surface area contributed by atoms with E-state index in [1.165, 1.54) is 4.57 Å². The highest BCUT2D eigenvalue weighted by atomic mass is 16.6. The highest BCUT2D eigenvalue weighted by Crippen LogP contribution is 2.34. The van der Waals surface area contributed by atoms with Crippen LogP contribution in [0.5, 0.6) is 23.0 Å². The molecule has 0 spiro atoms. The van der Waals surface area contributed by atoms with Gasteiger partial charge in [0.1, 0.15) is 44.0 Å². The fourth-order valence-electron chi connectivity index (χ4n) is 5.75. The molecule has 2 atom stereocenters. The second kappa shape index (κ2) is 13.4. The Kier molecular flexibility index (Phi) is 8.92. The first-order valence-corrected chi connectivity index (χ1v) is 14.9. The Morgan fingerprint density at radius 2 is 1.78 bits per heavy atom. The summed E-state index contributed by atoms with van der Waals surface area (Å²) in [6, 6.07) is 20.8. The van der Waals surface area contributed by atoms with Gasteiger partial charge in [0.15, 0.2) is 11.5 Å². The molecule has 0 aliphatic carbocycles. The SMILES string of the molecule is Cc1cc(CN2C[C@H](O)C[C@@H]2C(=O)O)c(OCc2cccc(C#N)c2)cc1OCc1cccn(-c2ccc3c(c2)OCCO3)c1=O. The van der Waals surface area contributed by atoms with Gasteiger partial charge in [0.2, 0.25) is 0 Å². The topological polar surface area (TPSA) is 143 Å². The third-order valence-electron chi connectivity index (χ3n) is 8.06. The van der Waals surface area contributed by atoms with Crippen molar-refractivity contribution in [3.05, 3.63) is 111 Å². The average molecular weight is 624 g/mol. The molecule has 1 aromatic heterocycles. The van der Waals surface area contributed by atoms with E-state index in [1.807, 2.05) is 19.1 Å². The van der Waals surface area contributed by atoms with Gasteiger partial charge < -0.3 is 29.2 Å². The smallest absolute Gasteiger partial charge is 0.321 e. The Balaban J connectivity index is 1.26. The van der Waals surface area contributed by atoms with Crippen molar-refractivity contribution in [1.82, 2.24) is 9.47 Å². The molecule has 2 aliphatic heterocycles. The molecule has 46 heavy (non-hydrogen) atoms. The number of carboxylic acid groups (broad SMARTS) is 1. The number of likely N-dealkylation sites (tertiary alicyclic amines) is 1. The molecule has 236 valence electrons. The van der Waals surface area contributed by atoms with Crippen LogP contribution in [0.1, 0.15) is 34.2 Å². The summed E-state index contributed by atoms with van der Waals surface area (Å²) in [7, 11) is 0. The number of aliphatic hydroxyl groups is 1. The number of hydrogen-bond donors (Lipinski definition) is 2. The van der Waals surface area contributed by atoms with Crippen LogP contribution in [0.2, 0.25) is 0 Å². The number of aryl methyl sites for hydroxylation is 1. The number of pyridine rings is 1. The van der Waals surface area contributed by atoms with Crippen molar-refractivity contribution in [3.63, 3.8) is 0 Å². The second-order valence-corrected chi connectivity index (χ2v) is 11.3. The Hall–Kier alpha value is -5.31. The largest absolute Gasteiger partial charge is 0.488 e. The molecule has 0 saturated carbocycles. The number of β-amino-alcohol motifs (C(OH)–C–C–N with tert-alkyl or cyclic N) is 1. The van der Waals surface area contributed by atoms with Gasteiger partial charge in [-0.25, -0.2) is 0 Å². The molecule has 2 aliphatic rings. The number of aliphatic hydroxyl groups excluding tert-OH is 1. The van der Waals surface area contributed by atoms with E-state index in [9.17, 15) is 25.1 Å². The van der Waals surface area contributed by atoms with Crippen molar-refractivity contribution in [1.29, 1.82) is 5.26 Å². The van der Waals surface area contributed by atoms with Crippen molar-refractivity contribution in [3.8, 4) is 34.8 Å². The Bertz CT molecular complexity index is 1860. The van der Waals surface area contributed by atoms with Gasteiger partial charge in [-0.15, -0.1) is 0 Å². The van der Waals surface area contributed by atoms with Crippen LogP contribution in [0.4, 0.5) is 0 Å². The lowest BCUT2D eigenvalue weighted by atomic mass is 10.1. The molecule has 11 nitrogen and oxygen atoms in total. The summed E-state index contributed by atoms with van der Waals surface area (Å²) in [6.45, 7) is 3.40. The van der Waals surface area contributed by atoms with Gasteiger partial charge in [-0.1, -0.05) is 12.1 Å². The van der Waals surface area contributed by atoms with Crippen LogP contribution < -0.4 is 24.5 Å². The van der Waals surface area contributed by atoms with Crippen LogP contribution in [-0.2, 0) is 24.6 Å². The minimum Gasteiger partial charge on any atom is -0.488 e. The predicted octanol–water partition coefficient (Wildman–Crippen LogP) is 3.97. The van der Waals surface area contributed by atoms with E-state index in [-0.39, 0.29) is 38.3 Å². The van der Waals surface area contributed by atoms with Crippen molar-refractivity contribution >= 4 is 5.97 Å². The summed E-state index contributed by atoms with van der Waals surface area (Å²) >= 11 is 0. The first kappa shape index (κ1) is 30.7. The summed E-state index contributed by atoms with van der Waals surface area (Å²) < 4.78 is 25.2. The highest BCUT2D eigenvalue weighted by molar-refractivity contribution is 5.74. The summed E-state index contributed by atoms with van der Waals surface area (Å²) in [6.07, 6.45) is 1.09. The minimum atomic E-state index is -0.992. The number of hydrogen-bond acceptors (Lipinski definition) is 9. The van der Waals surface area contributed by atoms with E-state index in [4.69, 9.17) is 18.9 Å². The molecule has 1 fully saturated rings. The molecule has 2 N–H and O–H groups in total. The van der Waals surface area contributed by atoms with Gasteiger partial charge in [0.05, 0.1) is 29.0 Å². The number of aliphatic carboxylic acids is 1. The number of nitrogens with zero attached hydrogens (tertiary/aromatic N) is 3. The van der Waals surface area contributed by atoms with Crippen molar-refractivity contribution in [2.24, 2.45) is 0 Å². The summed E-state index contributed by atoms with van der Waals surface area (Å²) in [5.74, 6) is 1.19. The quantitative estimate of drug-likeness (QED) is 0.266. The molecule has 6 rings (SSSR count). The maximum atomic E-state index is 13.5. The Labute approximate surface area is 265 Å². The number of aromatic nitrogens is 1. The van der Waals surface area contributed by atoms with Crippen LogP contribution in [0, 0.1) is 18.3 Å².